The summed E-state index contributed by atoms with van der Waals surface area (Å²) in [6.45, 7) is 3.43. The van der Waals surface area contributed by atoms with Crippen LogP contribution >= 0.6 is 12.4 Å². The Balaban J connectivity index is 0.00000128. The Kier molecular flexibility index (Phi) is 5.01. The third kappa shape index (κ3) is 3.08. The minimum atomic E-state index is -0.559. The summed E-state index contributed by atoms with van der Waals surface area (Å²) in [7, 11) is 0. The summed E-state index contributed by atoms with van der Waals surface area (Å²) in [4.78, 5) is 0. The van der Waals surface area contributed by atoms with Crippen LogP contribution in [0.15, 0.2) is 0 Å². The lowest BCUT2D eigenvalue weighted by Gasteiger charge is -2.44. The van der Waals surface area contributed by atoms with Crippen molar-refractivity contribution in [1.82, 2.24) is 10.6 Å². The Hall–Kier alpha value is 0.130. The molecule has 5 heteroatoms. The van der Waals surface area contributed by atoms with E-state index in [4.69, 9.17) is 0 Å². The highest BCUT2D eigenvalue weighted by Gasteiger charge is 2.40. The minimum absolute atomic E-state index is 0. The molecule has 1 unspecified atom stereocenters. The van der Waals surface area contributed by atoms with E-state index >= 15 is 0 Å². The van der Waals surface area contributed by atoms with Crippen LogP contribution in [-0.2, 0) is 0 Å². The molecule has 16 heavy (non-hydrogen) atoms. The summed E-state index contributed by atoms with van der Waals surface area (Å²) in [6.07, 6.45) is 3.72. The Morgan fingerprint density at radius 2 is 1.81 bits per heavy atom. The average molecular weight is 251 g/mol. The van der Waals surface area contributed by atoms with Gasteiger partial charge in [-0.15, -0.1) is 12.4 Å². The molecule has 0 aromatic heterocycles. The van der Waals surface area contributed by atoms with Crippen LogP contribution in [0.1, 0.15) is 32.6 Å². The van der Waals surface area contributed by atoms with Gasteiger partial charge < -0.3 is 20.8 Å². The molecule has 0 aromatic carbocycles. The summed E-state index contributed by atoms with van der Waals surface area (Å²) in [5, 5.41) is 26.1. The van der Waals surface area contributed by atoms with E-state index in [0.717, 1.165) is 25.7 Å². The number of halogens is 1. The molecule has 4 nitrogen and oxygen atoms in total. The summed E-state index contributed by atoms with van der Waals surface area (Å²) in [5.74, 6) is 0. The van der Waals surface area contributed by atoms with Gasteiger partial charge in [0.05, 0.1) is 6.10 Å². The van der Waals surface area contributed by atoms with Gasteiger partial charge in [0.15, 0.2) is 0 Å². The van der Waals surface area contributed by atoms with E-state index in [9.17, 15) is 10.2 Å². The lowest BCUT2D eigenvalue weighted by molar-refractivity contribution is -0.0428. The zero-order valence-electron chi connectivity index (χ0n) is 9.78. The number of aliphatic hydroxyl groups is 2. The molecular formula is C11H23ClN2O2. The van der Waals surface area contributed by atoms with Crippen LogP contribution < -0.4 is 10.6 Å². The topological polar surface area (TPSA) is 64.5 Å². The highest BCUT2D eigenvalue weighted by molar-refractivity contribution is 5.85. The highest BCUT2D eigenvalue weighted by Crippen LogP contribution is 2.22. The second-order valence-electron chi connectivity index (χ2n) is 5.10. The molecule has 2 aliphatic rings. The van der Waals surface area contributed by atoms with Crippen LogP contribution in [0.25, 0.3) is 0 Å². The molecule has 96 valence electrons. The molecule has 0 radical (unpaired) electrons. The van der Waals surface area contributed by atoms with Gasteiger partial charge >= 0.3 is 0 Å². The first kappa shape index (κ1) is 14.2. The van der Waals surface area contributed by atoms with Crippen LogP contribution in [0.4, 0.5) is 0 Å². The maximum atomic E-state index is 10.1. The van der Waals surface area contributed by atoms with E-state index in [2.05, 4.69) is 10.6 Å². The molecule has 0 bridgehead atoms. The van der Waals surface area contributed by atoms with Gasteiger partial charge in [-0.05, 0) is 32.6 Å². The fourth-order valence-electron chi connectivity index (χ4n) is 2.44. The van der Waals surface area contributed by atoms with Crippen LogP contribution in [0.3, 0.4) is 0 Å². The first-order valence-corrected chi connectivity index (χ1v) is 5.97. The van der Waals surface area contributed by atoms with Crippen molar-refractivity contribution in [2.24, 2.45) is 0 Å². The Morgan fingerprint density at radius 1 is 1.25 bits per heavy atom. The van der Waals surface area contributed by atoms with Crippen molar-refractivity contribution in [1.29, 1.82) is 0 Å². The SMILES string of the molecule is CC(NC1CCC(O)CC1)C1(O)CNC1.Cl. The molecule has 0 aromatic rings. The van der Waals surface area contributed by atoms with E-state index in [1.54, 1.807) is 0 Å². The van der Waals surface area contributed by atoms with E-state index in [1.165, 1.54) is 0 Å². The summed E-state index contributed by atoms with van der Waals surface area (Å²) in [5.41, 5.74) is -0.559. The molecule has 2 fully saturated rings. The van der Waals surface area contributed by atoms with E-state index < -0.39 is 5.60 Å². The van der Waals surface area contributed by atoms with Gasteiger partial charge in [0.1, 0.15) is 5.60 Å². The average Bonchev–Trinajstić information content (AvgIpc) is 2.18. The van der Waals surface area contributed by atoms with Gasteiger partial charge in [0.2, 0.25) is 0 Å². The second kappa shape index (κ2) is 5.65. The van der Waals surface area contributed by atoms with Crippen LogP contribution in [-0.4, -0.2) is 47.1 Å². The maximum absolute atomic E-state index is 10.1. The van der Waals surface area contributed by atoms with Crippen molar-refractivity contribution in [2.45, 2.75) is 56.4 Å². The molecule has 1 atom stereocenters. The third-order valence-electron chi connectivity index (χ3n) is 3.85. The molecule has 1 saturated heterocycles. The lowest BCUT2D eigenvalue weighted by Crippen LogP contribution is -2.69. The third-order valence-corrected chi connectivity index (χ3v) is 3.85. The van der Waals surface area contributed by atoms with E-state index in [0.29, 0.717) is 19.1 Å². The van der Waals surface area contributed by atoms with Gasteiger partial charge in [-0.25, -0.2) is 0 Å². The molecule has 1 aliphatic heterocycles. The Morgan fingerprint density at radius 3 is 2.25 bits per heavy atom. The first-order chi connectivity index (χ1) is 7.10. The van der Waals surface area contributed by atoms with Crippen LogP contribution in [0.5, 0.6) is 0 Å². The Bertz CT molecular complexity index is 216. The quantitative estimate of drug-likeness (QED) is 0.571. The maximum Gasteiger partial charge on any atom is 0.104 e. The summed E-state index contributed by atoms with van der Waals surface area (Å²) < 4.78 is 0. The number of β-amino-alcohol motifs (C(OH)–C–C–N with tert-alkyl or cyclic N) is 1. The Labute approximate surface area is 103 Å². The largest absolute Gasteiger partial charge is 0.393 e. The van der Waals surface area contributed by atoms with E-state index in [-0.39, 0.29) is 24.6 Å². The van der Waals surface area contributed by atoms with Crippen molar-refractivity contribution in [2.75, 3.05) is 13.1 Å². The van der Waals surface area contributed by atoms with Gasteiger partial charge in [0.25, 0.3) is 0 Å². The van der Waals surface area contributed by atoms with Gasteiger partial charge in [-0.2, -0.15) is 0 Å². The fourth-order valence-corrected chi connectivity index (χ4v) is 2.44. The molecule has 1 saturated carbocycles. The number of hydrogen-bond donors (Lipinski definition) is 4. The predicted octanol–water partition coefficient (Wildman–Crippen LogP) is 0.0241. The smallest absolute Gasteiger partial charge is 0.104 e. The van der Waals surface area contributed by atoms with Gasteiger partial charge in [-0.3, -0.25) is 0 Å². The number of aliphatic hydroxyl groups excluding tert-OH is 1. The van der Waals surface area contributed by atoms with Gasteiger partial charge in [0, 0.05) is 25.2 Å². The predicted molar refractivity (Wildman–Crippen MR) is 65.9 cm³/mol. The van der Waals surface area contributed by atoms with Crippen molar-refractivity contribution < 1.29 is 10.2 Å². The lowest BCUT2D eigenvalue weighted by atomic mass is 9.86. The molecule has 4 N–H and O–H groups in total. The normalized spacial score (nSPS) is 34.7. The summed E-state index contributed by atoms with van der Waals surface area (Å²) in [6, 6.07) is 0.604. The number of hydrogen-bond acceptors (Lipinski definition) is 4. The second-order valence-corrected chi connectivity index (χ2v) is 5.10. The highest BCUT2D eigenvalue weighted by atomic mass is 35.5. The van der Waals surface area contributed by atoms with Crippen LogP contribution in [0, 0.1) is 0 Å². The van der Waals surface area contributed by atoms with Crippen LogP contribution in [0.2, 0.25) is 0 Å². The minimum Gasteiger partial charge on any atom is -0.393 e. The van der Waals surface area contributed by atoms with E-state index in [1.807, 2.05) is 6.92 Å². The first-order valence-electron chi connectivity index (χ1n) is 5.97. The fraction of sp³-hybridized carbons (Fsp3) is 1.00. The monoisotopic (exact) mass is 250 g/mol. The van der Waals surface area contributed by atoms with Crippen molar-refractivity contribution in [3.05, 3.63) is 0 Å². The number of rotatable bonds is 3. The van der Waals surface area contributed by atoms with Crippen molar-refractivity contribution in [3.8, 4) is 0 Å². The zero-order chi connectivity index (χ0) is 10.9. The molecule has 0 spiro atoms. The summed E-state index contributed by atoms with van der Waals surface area (Å²) >= 11 is 0. The zero-order valence-corrected chi connectivity index (χ0v) is 10.6. The van der Waals surface area contributed by atoms with Crippen molar-refractivity contribution >= 4 is 12.4 Å². The van der Waals surface area contributed by atoms with Crippen molar-refractivity contribution in [3.63, 3.8) is 0 Å². The molecule has 0 amide bonds. The molecule has 1 aliphatic carbocycles. The molecular weight excluding hydrogens is 228 g/mol. The number of nitrogens with one attached hydrogen (secondary N) is 2. The molecule has 1 heterocycles. The molecule has 2 rings (SSSR count). The standard InChI is InChI=1S/C11H22N2O2.ClH/c1-8(11(15)6-12-7-11)13-9-2-4-10(14)5-3-9;/h8-10,12-15H,2-7H2,1H3;1H. The van der Waals surface area contributed by atoms with Gasteiger partial charge in [-0.1, -0.05) is 0 Å².